The van der Waals surface area contributed by atoms with E-state index in [1.165, 1.54) is 25.4 Å². The monoisotopic (exact) mass is 779 g/mol. The largest absolute Gasteiger partial charge is 0.497 e. The first-order valence-electron chi connectivity index (χ1n) is 16.9. The molecule has 2 amide bonds. The third-order valence-electron chi connectivity index (χ3n) is 8.94. The molecule has 1 aliphatic heterocycles. The third kappa shape index (κ3) is 10.1. The Balaban J connectivity index is 0.00000109. The molecule has 6 rings (SSSR count). The summed E-state index contributed by atoms with van der Waals surface area (Å²) in [4.78, 5) is 35.9. The van der Waals surface area contributed by atoms with Crippen molar-refractivity contribution in [2.45, 2.75) is 6.92 Å². The summed E-state index contributed by atoms with van der Waals surface area (Å²) in [5.41, 5.74) is 1.58. The fraction of sp³-hybridized carbons (Fsp3) is 0.256. The number of carbonyl (C=O) groups excluding carboxylic acids is 2. The Bertz CT molecular complexity index is 2320. The summed E-state index contributed by atoms with van der Waals surface area (Å²) >= 11 is 0. The standard InChI is InChI=1S/C38H36F3N5O4.CH4O3S/c1-24-31(39)22-30(36(41)35(24)40)37(47)43(2)27-9-14-34(42-23-27)50-29-12-13-32-26(20-29)21-33(44(32)3)38(48)46-18-16-45(17-19-46)15-5-6-25-7-10-28(49-4)11-8-25;1-5(2,3)4/h5-14,20-23H,15-19H2,1-4H3;1H3,(H,2,3,4). The molecule has 12 nitrogen and oxygen atoms in total. The molecule has 0 atom stereocenters. The topological polar surface area (TPSA) is 135 Å². The molecule has 0 aliphatic carbocycles. The molecule has 0 radical (unpaired) electrons. The predicted molar refractivity (Wildman–Crippen MR) is 203 cm³/mol. The normalized spacial score (nSPS) is 13.4. The van der Waals surface area contributed by atoms with E-state index >= 15 is 0 Å². The molecule has 3 aromatic carbocycles. The second kappa shape index (κ2) is 17.2. The molecular weight excluding hydrogens is 740 g/mol. The van der Waals surface area contributed by atoms with Crippen molar-refractivity contribution < 1.29 is 45.2 Å². The van der Waals surface area contributed by atoms with Gasteiger partial charge in [-0.15, -0.1) is 0 Å². The number of pyridine rings is 1. The molecular formula is C39H40F3N5O7S. The highest BCUT2D eigenvalue weighted by Crippen LogP contribution is 2.29. The molecule has 5 aromatic rings. The van der Waals surface area contributed by atoms with Crippen LogP contribution in [0, 0.1) is 24.4 Å². The third-order valence-corrected chi connectivity index (χ3v) is 8.94. The first kappa shape index (κ1) is 40.5. The second-order valence-corrected chi connectivity index (χ2v) is 14.3. The van der Waals surface area contributed by atoms with Crippen LogP contribution in [0.5, 0.6) is 17.4 Å². The summed E-state index contributed by atoms with van der Waals surface area (Å²) in [6.07, 6.45) is 6.27. The Hall–Kier alpha value is -5.71. The van der Waals surface area contributed by atoms with Gasteiger partial charge in [-0.2, -0.15) is 8.42 Å². The summed E-state index contributed by atoms with van der Waals surface area (Å²) in [5.74, 6) is -3.28. The Morgan fingerprint density at radius 3 is 2.22 bits per heavy atom. The first-order valence-corrected chi connectivity index (χ1v) is 18.8. The molecule has 0 unspecified atom stereocenters. The van der Waals surface area contributed by atoms with Crippen LogP contribution in [0.4, 0.5) is 18.9 Å². The number of anilines is 1. The van der Waals surface area contributed by atoms with Gasteiger partial charge in [-0.3, -0.25) is 19.0 Å². The van der Waals surface area contributed by atoms with Gasteiger partial charge in [-0.05, 0) is 61.0 Å². The zero-order chi connectivity index (χ0) is 40.0. The van der Waals surface area contributed by atoms with Gasteiger partial charge in [0.2, 0.25) is 5.88 Å². The van der Waals surface area contributed by atoms with E-state index in [1.54, 1.807) is 13.2 Å². The smallest absolute Gasteiger partial charge is 0.270 e. The van der Waals surface area contributed by atoms with E-state index in [0.29, 0.717) is 36.9 Å². The number of nitrogens with zero attached hydrogens (tertiary/aromatic N) is 5. The quantitative estimate of drug-likeness (QED) is 0.134. The molecule has 1 saturated heterocycles. The summed E-state index contributed by atoms with van der Waals surface area (Å²) in [7, 11) is 1.19. The minimum Gasteiger partial charge on any atom is -0.497 e. The molecule has 1 aliphatic rings. The van der Waals surface area contributed by atoms with Crippen LogP contribution >= 0.6 is 0 Å². The van der Waals surface area contributed by atoms with Crippen LogP contribution in [0.15, 0.2) is 79.0 Å². The summed E-state index contributed by atoms with van der Waals surface area (Å²) in [6.45, 7) is 4.69. The highest BCUT2D eigenvalue weighted by atomic mass is 32.2. The number of methoxy groups -OCH3 is 1. The molecule has 1 N–H and O–H groups in total. The fourth-order valence-corrected chi connectivity index (χ4v) is 5.84. The number of amides is 2. The van der Waals surface area contributed by atoms with Gasteiger partial charge in [-0.1, -0.05) is 24.3 Å². The van der Waals surface area contributed by atoms with Crippen molar-refractivity contribution in [1.82, 2.24) is 19.4 Å². The van der Waals surface area contributed by atoms with Crippen LogP contribution in [-0.4, -0.2) is 97.3 Å². The van der Waals surface area contributed by atoms with Crippen molar-refractivity contribution in [2.24, 2.45) is 7.05 Å². The number of hydrogen-bond donors (Lipinski definition) is 1. The van der Waals surface area contributed by atoms with Crippen LogP contribution in [0.3, 0.4) is 0 Å². The van der Waals surface area contributed by atoms with Crippen molar-refractivity contribution in [2.75, 3.05) is 58.0 Å². The molecule has 0 saturated carbocycles. The number of aromatic nitrogens is 2. The van der Waals surface area contributed by atoms with E-state index < -0.39 is 44.6 Å². The molecule has 0 spiro atoms. The van der Waals surface area contributed by atoms with Crippen molar-refractivity contribution in [3.8, 4) is 17.4 Å². The number of benzene rings is 3. The van der Waals surface area contributed by atoms with Crippen LogP contribution in [0.1, 0.15) is 32.0 Å². The Morgan fingerprint density at radius 2 is 1.60 bits per heavy atom. The van der Waals surface area contributed by atoms with Crippen LogP contribution in [0.25, 0.3) is 17.0 Å². The Labute approximate surface area is 316 Å². The summed E-state index contributed by atoms with van der Waals surface area (Å²) < 4.78 is 81.4. The minimum absolute atomic E-state index is 0.0356. The minimum atomic E-state index is -3.67. The van der Waals surface area contributed by atoms with Gasteiger partial charge in [0.1, 0.15) is 23.0 Å². The number of fused-ring (bicyclic) bond motifs is 1. The number of piperazine rings is 1. The number of halogens is 3. The van der Waals surface area contributed by atoms with Crippen LogP contribution in [-0.2, 0) is 17.2 Å². The van der Waals surface area contributed by atoms with Crippen LogP contribution in [0.2, 0.25) is 0 Å². The van der Waals surface area contributed by atoms with E-state index in [2.05, 4.69) is 22.0 Å². The van der Waals surface area contributed by atoms with E-state index in [-0.39, 0.29) is 17.5 Å². The van der Waals surface area contributed by atoms with Crippen molar-refractivity contribution in [1.29, 1.82) is 0 Å². The lowest BCUT2D eigenvalue weighted by Gasteiger charge is -2.34. The van der Waals surface area contributed by atoms with Gasteiger partial charge >= 0.3 is 0 Å². The van der Waals surface area contributed by atoms with E-state index in [4.69, 9.17) is 14.0 Å². The first-order chi connectivity index (χ1) is 26.0. The van der Waals surface area contributed by atoms with Gasteiger partial charge in [0, 0.05) is 69.4 Å². The predicted octanol–water partition coefficient (Wildman–Crippen LogP) is 6.35. The molecule has 3 heterocycles. The Morgan fingerprint density at radius 1 is 0.945 bits per heavy atom. The fourth-order valence-electron chi connectivity index (χ4n) is 5.84. The van der Waals surface area contributed by atoms with Crippen LogP contribution < -0.4 is 14.4 Å². The SMILES string of the molecule is COc1ccc(C=CCN2CCN(C(=O)c3cc4cc(Oc5ccc(N(C)C(=O)c6cc(F)c(C)c(F)c6F)cn5)ccc4n3C)CC2)cc1.CS(=O)(=O)O. The highest BCUT2D eigenvalue weighted by molar-refractivity contribution is 7.85. The number of hydrogen-bond acceptors (Lipinski definition) is 8. The average molecular weight is 780 g/mol. The van der Waals surface area contributed by atoms with E-state index in [9.17, 15) is 31.2 Å². The zero-order valence-electron chi connectivity index (χ0n) is 30.8. The van der Waals surface area contributed by atoms with Crippen molar-refractivity contribution in [3.05, 3.63) is 119 Å². The molecule has 2 aromatic heterocycles. The van der Waals surface area contributed by atoms with Crippen molar-refractivity contribution in [3.63, 3.8) is 0 Å². The molecule has 16 heteroatoms. The van der Waals surface area contributed by atoms with Gasteiger partial charge < -0.3 is 23.8 Å². The maximum Gasteiger partial charge on any atom is 0.270 e. The number of carbonyl (C=O) groups is 2. The Kier molecular flexibility index (Phi) is 12.6. The maximum absolute atomic E-state index is 14.4. The van der Waals surface area contributed by atoms with Gasteiger partial charge in [-0.25, -0.2) is 18.2 Å². The molecule has 1 fully saturated rings. The van der Waals surface area contributed by atoms with E-state index in [0.717, 1.165) is 53.7 Å². The lowest BCUT2D eigenvalue weighted by molar-refractivity contribution is 0.0641. The van der Waals surface area contributed by atoms with Gasteiger partial charge in [0.15, 0.2) is 11.6 Å². The van der Waals surface area contributed by atoms with Crippen molar-refractivity contribution >= 4 is 44.6 Å². The average Bonchev–Trinajstić information content (AvgIpc) is 3.49. The number of aryl methyl sites for hydroxylation is 1. The lowest BCUT2D eigenvalue weighted by Crippen LogP contribution is -2.48. The van der Waals surface area contributed by atoms with Gasteiger partial charge in [0.05, 0.1) is 30.8 Å². The summed E-state index contributed by atoms with van der Waals surface area (Å²) in [5, 5.41) is 0.817. The van der Waals surface area contributed by atoms with Gasteiger partial charge in [0.25, 0.3) is 21.9 Å². The molecule has 55 heavy (non-hydrogen) atoms. The second-order valence-electron chi connectivity index (χ2n) is 12.8. The molecule has 0 bridgehead atoms. The lowest BCUT2D eigenvalue weighted by atomic mass is 10.1. The summed E-state index contributed by atoms with van der Waals surface area (Å²) in [6, 6.07) is 18.9. The zero-order valence-corrected chi connectivity index (χ0v) is 31.6. The maximum atomic E-state index is 14.4. The van der Waals surface area contributed by atoms with E-state index in [1.807, 2.05) is 59.0 Å². The molecule has 290 valence electrons. The highest BCUT2D eigenvalue weighted by Gasteiger charge is 2.26. The number of rotatable bonds is 9. The number of ether oxygens (including phenoxy) is 2.